The summed E-state index contributed by atoms with van der Waals surface area (Å²) in [6, 6.07) is 8.41. The Labute approximate surface area is 97.5 Å². The van der Waals surface area contributed by atoms with Crippen LogP contribution in [0.2, 0.25) is 0 Å². The smallest absolute Gasteiger partial charge is 0.0803 e. The average molecular weight is 236 g/mol. The maximum Gasteiger partial charge on any atom is 0.0803 e. The molecule has 0 fully saturated rings. The number of hydrogen-bond acceptors (Lipinski definition) is 4. The molecular weight excluding hydrogens is 224 g/mol. The van der Waals surface area contributed by atoms with Crippen LogP contribution >= 0.6 is 23.1 Å². The van der Waals surface area contributed by atoms with Gasteiger partial charge in [0, 0.05) is 12.3 Å². The summed E-state index contributed by atoms with van der Waals surface area (Å²) in [7, 11) is 0. The zero-order valence-corrected chi connectivity index (χ0v) is 9.85. The summed E-state index contributed by atoms with van der Waals surface area (Å²) in [5.74, 6) is 0.982. The maximum absolute atomic E-state index is 5.59. The molecule has 0 amide bonds. The van der Waals surface area contributed by atoms with Crippen molar-refractivity contribution in [2.45, 2.75) is 16.5 Å². The Morgan fingerprint density at radius 1 is 1.33 bits per heavy atom. The second-order valence-electron chi connectivity index (χ2n) is 3.13. The van der Waals surface area contributed by atoms with Crippen molar-refractivity contribution in [2.24, 2.45) is 5.73 Å². The molecule has 0 saturated carbocycles. The van der Waals surface area contributed by atoms with Gasteiger partial charge in [0.1, 0.15) is 0 Å². The van der Waals surface area contributed by atoms with E-state index in [1.165, 1.54) is 15.3 Å². The Morgan fingerprint density at radius 2 is 2.20 bits per heavy atom. The minimum atomic E-state index is 0.610. The van der Waals surface area contributed by atoms with E-state index in [9.17, 15) is 0 Å². The molecule has 78 valence electrons. The summed E-state index contributed by atoms with van der Waals surface area (Å²) in [4.78, 5) is 4.05. The highest BCUT2D eigenvalue weighted by Crippen LogP contribution is 2.25. The Morgan fingerprint density at radius 3 is 2.93 bits per heavy atom. The first-order chi connectivity index (χ1) is 7.38. The van der Waals surface area contributed by atoms with E-state index in [1.54, 1.807) is 11.3 Å². The molecule has 1 aromatic carbocycles. The third-order valence-electron chi connectivity index (χ3n) is 2.02. The van der Waals surface area contributed by atoms with Crippen LogP contribution in [0.4, 0.5) is 0 Å². The Balaban J connectivity index is 1.98. The summed E-state index contributed by atoms with van der Waals surface area (Å²) >= 11 is 3.49. The van der Waals surface area contributed by atoms with E-state index in [-0.39, 0.29) is 0 Å². The molecule has 0 radical (unpaired) electrons. The summed E-state index contributed by atoms with van der Waals surface area (Å²) in [6.07, 6.45) is 1.90. The van der Waals surface area contributed by atoms with E-state index in [4.69, 9.17) is 5.73 Å². The summed E-state index contributed by atoms with van der Waals surface area (Å²) in [5, 5.41) is 0. The Hall–Kier alpha value is -0.840. The van der Waals surface area contributed by atoms with Crippen LogP contribution in [0.15, 0.2) is 40.2 Å². The van der Waals surface area contributed by atoms with E-state index in [0.717, 1.165) is 5.75 Å². The molecule has 0 aliphatic carbocycles. The van der Waals surface area contributed by atoms with Crippen LogP contribution in [-0.2, 0) is 12.3 Å². The SMILES string of the molecule is NCc1cccc(CSc2cncs2)c1. The van der Waals surface area contributed by atoms with Gasteiger partial charge in [-0.2, -0.15) is 0 Å². The molecule has 0 bridgehead atoms. The summed E-state index contributed by atoms with van der Waals surface area (Å²) < 4.78 is 1.26. The van der Waals surface area contributed by atoms with Crippen molar-refractivity contribution in [2.75, 3.05) is 0 Å². The molecular formula is C11H12N2S2. The van der Waals surface area contributed by atoms with Crippen molar-refractivity contribution < 1.29 is 0 Å². The van der Waals surface area contributed by atoms with Gasteiger partial charge in [-0.15, -0.1) is 23.1 Å². The number of nitrogens with zero attached hydrogens (tertiary/aromatic N) is 1. The number of thioether (sulfide) groups is 1. The van der Waals surface area contributed by atoms with E-state index >= 15 is 0 Å². The molecule has 0 unspecified atom stereocenters. The minimum absolute atomic E-state index is 0.610. The van der Waals surface area contributed by atoms with Gasteiger partial charge in [-0.3, -0.25) is 4.98 Å². The zero-order chi connectivity index (χ0) is 10.5. The summed E-state index contributed by atoms with van der Waals surface area (Å²) in [6.45, 7) is 0.610. The average Bonchev–Trinajstić information content (AvgIpc) is 2.79. The standard InChI is InChI=1S/C11H12N2S2/c12-5-9-2-1-3-10(4-9)7-14-11-6-13-8-15-11/h1-4,6,8H,5,7,12H2. The lowest BCUT2D eigenvalue weighted by Gasteiger charge is -2.02. The van der Waals surface area contributed by atoms with Crippen molar-refractivity contribution in [3.8, 4) is 0 Å². The van der Waals surface area contributed by atoms with E-state index in [1.807, 2.05) is 23.5 Å². The van der Waals surface area contributed by atoms with E-state index < -0.39 is 0 Å². The van der Waals surface area contributed by atoms with Crippen molar-refractivity contribution in [3.05, 3.63) is 47.1 Å². The second kappa shape index (κ2) is 5.30. The monoisotopic (exact) mass is 236 g/mol. The first-order valence-corrected chi connectivity index (χ1v) is 6.54. The molecule has 0 aliphatic heterocycles. The quantitative estimate of drug-likeness (QED) is 0.830. The number of benzene rings is 1. The van der Waals surface area contributed by atoms with Crippen LogP contribution in [0.1, 0.15) is 11.1 Å². The second-order valence-corrected chi connectivity index (χ2v) is 5.30. The Bertz CT molecular complexity index is 412. The van der Waals surface area contributed by atoms with Crippen LogP contribution in [0.5, 0.6) is 0 Å². The molecule has 1 heterocycles. The lowest BCUT2D eigenvalue weighted by atomic mass is 10.1. The van der Waals surface area contributed by atoms with Gasteiger partial charge in [-0.1, -0.05) is 24.3 Å². The van der Waals surface area contributed by atoms with Gasteiger partial charge in [0.2, 0.25) is 0 Å². The highest BCUT2D eigenvalue weighted by Gasteiger charge is 1.98. The van der Waals surface area contributed by atoms with Crippen molar-refractivity contribution >= 4 is 23.1 Å². The number of aromatic nitrogens is 1. The van der Waals surface area contributed by atoms with Gasteiger partial charge in [-0.25, -0.2) is 0 Å². The van der Waals surface area contributed by atoms with Crippen LogP contribution in [0.25, 0.3) is 0 Å². The number of hydrogen-bond donors (Lipinski definition) is 1. The van der Waals surface area contributed by atoms with Crippen molar-refractivity contribution in [1.82, 2.24) is 4.98 Å². The van der Waals surface area contributed by atoms with Crippen LogP contribution in [0.3, 0.4) is 0 Å². The molecule has 1 aromatic heterocycles. The largest absolute Gasteiger partial charge is 0.326 e. The Kier molecular flexibility index (Phi) is 3.77. The molecule has 4 heteroatoms. The normalized spacial score (nSPS) is 10.5. The predicted molar refractivity (Wildman–Crippen MR) is 66.0 cm³/mol. The van der Waals surface area contributed by atoms with Crippen LogP contribution in [-0.4, -0.2) is 4.98 Å². The highest BCUT2D eigenvalue weighted by molar-refractivity contribution is 8.00. The molecule has 2 nitrogen and oxygen atoms in total. The highest BCUT2D eigenvalue weighted by atomic mass is 32.2. The molecule has 2 N–H and O–H groups in total. The molecule has 2 aromatic rings. The van der Waals surface area contributed by atoms with Gasteiger partial charge < -0.3 is 5.73 Å². The lowest BCUT2D eigenvalue weighted by molar-refractivity contribution is 1.06. The number of nitrogens with two attached hydrogens (primary N) is 1. The van der Waals surface area contributed by atoms with E-state index in [0.29, 0.717) is 6.54 Å². The third-order valence-corrected chi connectivity index (χ3v) is 4.09. The van der Waals surface area contributed by atoms with Gasteiger partial charge in [-0.05, 0) is 11.1 Å². The molecule has 15 heavy (non-hydrogen) atoms. The fraction of sp³-hybridized carbons (Fsp3) is 0.182. The minimum Gasteiger partial charge on any atom is -0.326 e. The third kappa shape index (κ3) is 3.06. The van der Waals surface area contributed by atoms with Gasteiger partial charge >= 0.3 is 0 Å². The number of thiazole rings is 1. The molecule has 0 saturated heterocycles. The number of rotatable bonds is 4. The first kappa shape index (κ1) is 10.7. The van der Waals surface area contributed by atoms with Gasteiger partial charge in [0.05, 0.1) is 15.9 Å². The van der Waals surface area contributed by atoms with Gasteiger partial charge in [0.25, 0.3) is 0 Å². The maximum atomic E-state index is 5.59. The zero-order valence-electron chi connectivity index (χ0n) is 8.22. The fourth-order valence-corrected chi connectivity index (χ4v) is 2.83. The molecule has 0 spiro atoms. The fourth-order valence-electron chi connectivity index (χ4n) is 1.28. The predicted octanol–water partition coefficient (Wildman–Crippen LogP) is 2.89. The lowest BCUT2D eigenvalue weighted by Crippen LogP contribution is -1.96. The van der Waals surface area contributed by atoms with Crippen molar-refractivity contribution in [1.29, 1.82) is 0 Å². The van der Waals surface area contributed by atoms with Crippen LogP contribution in [0, 0.1) is 0 Å². The molecule has 0 atom stereocenters. The molecule has 2 rings (SSSR count). The first-order valence-electron chi connectivity index (χ1n) is 4.67. The van der Waals surface area contributed by atoms with Crippen molar-refractivity contribution in [3.63, 3.8) is 0 Å². The van der Waals surface area contributed by atoms with Crippen LogP contribution < -0.4 is 5.73 Å². The molecule has 0 aliphatic rings. The van der Waals surface area contributed by atoms with Gasteiger partial charge in [0.15, 0.2) is 0 Å². The van der Waals surface area contributed by atoms with E-state index in [2.05, 4.69) is 29.2 Å². The topological polar surface area (TPSA) is 38.9 Å². The summed E-state index contributed by atoms with van der Waals surface area (Å²) in [5.41, 5.74) is 9.96.